The monoisotopic (exact) mass is 323 g/mol. The van der Waals surface area contributed by atoms with Crippen LogP contribution in [0.15, 0.2) is 16.7 Å². The molecule has 1 saturated heterocycles. The number of halogens is 1. The lowest BCUT2D eigenvalue weighted by Gasteiger charge is -2.22. The number of aromatic nitrogens is 1. The van der Waals surface area contributed by atoms with Gasteiger partial charge in [0.1, 0.15) is 5.82 Å². The fourth-order valence-corrected chi connectivity index (χ4v) is 3.94. The van der Waals surface area contributed by atoms with Crippen molar-refractivity contribution in [1.29, 1.82) is 0 Å². The van der Waals surface area contributed by atoms with Crippen LogP contribution in [0, 0.1) is 11.8 Å². The van der Waals surface area contributed by atoms with Crippen LogP contribution in [0.2, 0.25) is 0 Å². The van der Waals surface area contributed by atoms with Crippen LogP contribution < -0.4 is 10.2 Å². The van der Waals surface area contributed by atoms with Gasteiger partial charge in [-0.2, -0.15) is 0 Å². The van der Waals surface area contributed by atoms with Crippen molar-refractivity contribution in [1.82, 2.24) is 10.3 Å². The molecule has 1 N–H and O–H groups in total. The van der Waals surface area contributed by atoms with Gasteiger partial charge in [0.05, 0.1) is 0 Å². The van der Waals surface area contributed by atoms with Gasteiger partial charge in [0.2, 0.25) is 0 Å². The van der Waals surface area contributed by atoms with Crippen molar-refractivity contribution in [3.63, 3.8) is 0 Å². The Morgan fingerprint density at radius 2 is 2.11 bits per heavy atom. The summed E-state index contributed by atoms with van der Waals surface area (Å²) in [5.74, 6) is 3.02. The highest BCUT2D eigenvalue weighted by atomic mass is 79.9. The molecule has 0 aromatic carbocycles. The summed E-state index contributed by atoms with van der Waals surface area (Å²) < 4.78 is 1.07. The normalized spacial score (nSPS) is 25.9. The van der Waals surface area contributed by atoms with E-state index in [1.54, 1.807) is 0 Å². The molecule has 0 spiro atoms. The van der Waals surface area contributed by atoms with Crippen molar-refractivity contribution in [2.75, 3.05) is 24.5 Å². The predicted molar refractivity (Wildman–Crippen MR) is 82.4 cm³/mol. The van der Waals surface area contributed by atoms with E-state index in [1.807, 2.05) is 6.20 Å². The van der Waals surface area contributed by atoms with Gasteiger partial charge in [-0.05, 0) is 53.2 Å². The van der Waals surface area contributed by atoms with E-state index in [2.05, 4.69) is 44.1 Å². The van der Waals surface area contributed by atoms with E-state index in [4.69, 9.17) is 0 Å². The molecule has 4 heteroatoms. The average molecular weight is 324 g/mol. The molecule has 1 aliphatic heterocycles. The van der Waals surface area contributed by atoms with Gasteiger partial charge in [-0.15, -0.1) is 0 Å². The number of nitrogens with one attached hydrogen (secondary N) is 1. The first kappa shape index (κ1) is 13.4. The summed E-state index contributed by atoms with van der Waals surface area (Å²) in [7, 11) is 0. The maximum Gasteiger partial charge on any atom is 0.133 e. The Labute approximate surface area is 123 Å². The van der Waals surface area contributed by atoms with Crippen LogP contribution in [0.1, 0.15) is 31.7 Å². The third kappa shape index (κ3) is 2.79. The summed E-state index contributed by atoms with van der Waals surface area (Å²) in [6.45, 7) is 6.46. The van der Waals surface area contributed by atoms with Gasteiger partial charge in [-0.3, -0.25) is 0 Å². The highest BCUT2D eigenvalue weighted by molar-refractivity contribution is 9.10. The highest BCUT2D eigenvalue weighted by Crippen LogP contribution is 2.39. The van der Waals surface area contributed by atoms with Crippen LogP contribution in [0.4, 0.5) is 5.82 Å². The van der Waals surface area contributed by atoms with Crippen LogP contribution in [0.25, 0.3) is 0 Å². The molecular formula is C15H22BrN3. The van der Waals surface area contributed by atoms with Gasteiger partial charge < -0.3 is 10.2 Å². The van der Waals surface area contributed by atoms with Crippen molar-refractivity contribution in [3.05, 3.63) is 22.3 Å². The Kier molecular flexibility index (Phi) is 4.08. The molecule has 2 atom stereocenters. The van der Waals surface area contributed by atoms with Crippen molar-refractivity contribution >= 4 is 21.7 Å². The first-order chi connectivity index (χ1) is 9.28. The minimum Gasteiger partial charge on any atom is -0.356 e. The third-order valence-electron chi connectivity index (χ3n) is 4.50. The van der Waals surface area contributed by atoms with Gasteiger partial charge >= 0.3 is 0 Å². The molecule has 2 fully saturated rings. The number of hydrogen-bond acceptors (Lipinski definition) is 3. The summed E-state index contributed by atoms with van der Waals surface area (Å²) in [5.41, 5.74) is 1.32. The van der Waals surface area contributed by atoms with E-state index in [1.165, 1.54) is 43.7 Å². The Morgan fingerprint density at radius 1 is 1.37 bits per heavy atom. The minimum absolute atomic E-state index is 0.907. The number of fused-ring (bicyclic) bond motifs is 1. The maximum atomic E-state index is 4.68. The largest absolute Gasteiger partial charge is 0.356 e. The molecule has 3 rings (SSSR count). The second-order valence-corrected chi connectivity index (χ2v) is 6.69. The van der Waals surface area contributed by atoms with Crippen LogP contribution in [0.3, 0.4) is 0 Å². The zero-order valence-corrected chi connectivity index (χ0v) is 13.1. The Balaban J connectivity index is 1.79. The van der Waals surface area contributed by atoms with Crippen LogP contribution in [0.5, 0.6) is 0 Å². The van der Waals surface area contributed by atoms with Crippen molar-refractivity contribution < 1.29 is 0 Å². The minimum atomic E-state index is 0.907. The average Bonchev–Trinajstić information content (AvgIpc) is 2.97. The quantitative estimate of drug-likeness (QED) is 0.922. The molecule has 1 saturated carbocycles. The van der Waals surface area contributed by atoms with Gasteiger partial charge in [0.25, 0.3) is 0 Å². The van der Waals surface area contributed by atoms with Crippen LogP contribution >= 0.6 is 15.9 Å². The van der Waals surface area contributed by atoms with Crippen molar-refractivity contribution in [2.45, 2.75) is 32.7 Å². The van der Waals surface area contributed by atoms with Gasteiger partial charge in [-0.25, -0.2) is 4.98 Å². The van der Waals surface area contributed by atoms with E-state index < -0.39 is 0 Å². The van der Waals surface area contributed by atoms with E-state index in [9.17, 15) is 0 Å². The molecule has 104 valence electrons. The number of nitrogens with zero attached hydrogens (tertiary/aromatic N) is 2. The molecule has 1 aromatic rings. The van der Waals surface area contributed by atoms with Crippen molar-refractivity contribution in [2.24, 2.45) is 11.8 Å². The van der Waals surface area contributed by atoms with Crippen molar-refractivity contribution in [3.8, 4) is 0 Å². The first-order valence-corrected chi connectivity index (χ1v) is 8.17. The smallest absolute Gasteiger partial charge is 0.133 e. The number of hydrogen-bond donors (Lipinski definition) is 1. The molecule has 2 heterocycles. The molecule has 0 radical (unpaired) electrons. The Morgan fingerprint density at radius 3 is 2.79 bits per heavy atom. The Bertz CT molecular complexity index is 437. The Hall–Kier alpha value is -0.610. The second kappa shape index (κ2) is 5.80. The number of pyridine rings is 1. The SMILES string of the molecule is CCNCc1cc(Br)cnc1N1CC2CCCC2C1. The summed E-state index contributed by atoms with van der Waals surface area (Å²) in [4.78, 5) is 7.19. The summed E-state index contributed by atoms with van der Waals surface area (Å²) in [6.07, 6.45) is 6.19. The zero-order valence-electron chi connectivity index (χ0n) is 11.5. The number of rotatable bonds is 4. The van der Waals surface area contributed by atoms with Gasteiger partial charge in [-0.1, -0.05) is 13.3 Å². The fraction of sp³-hybridized carbons (Fsp3) is 0.667. The summed E-state index contributed by atoms with van der Waals surface area (Å²) in [6, 6.07) is 2.21. The lowest BCUT2D eigenvalue weighted by molar-refractivity contribution is 0.494. The van der Waals surface area contributed by atoms with E-state index in [0.717, 1.165) is 29.4 Å². The predicted octanol–water partition coefficient (Wildman–Crippen LogP) is 3.19. The zero-order chi connectivity index (χ0) is 13.2. The molecule has 0 bridgehead atoms. The van der Waals surface area contributed by atoms with E-state index >= 15 is 0 Å². The topological polar surface area (TPSA) is 28.2 Å². The maximum absolute atomic E-state index is 4.68. The molecule has 3 nitrogen and oxygen atoms in total. The molecule has 1 aromatic heterocycles. The molecule has 1 aliphatic carbocycles. The summed E-state index contributed by atoms with van der Waals surface area (Å²) in [5, 5.41) is 3.42. The molecular weight excluding hydrogens is 302 g/mol. The van der Waals surface area contributed by atoms with Gasteiger partial charge in [0.15, 0.2) is 0 Å². The van der Waals surface area contributed by atoms with Crippen LogP contribution in [-0.4, -0.2) is 24.6 Å². The van der Waals surface area contributed by atoms with E-state index in [0.29, 0.717) is 0 Å². The highest BCUT2D eigenvalue weighted by Gasteiger charge is 2.37. The fourth-order valence-electron chi connectivity index (χ4n) is 3.56. The lowest BCUT2D eigenvalue weighted by Crippen LogP contribution is -2.25. The molecule has 0 amide bonds. The number of anilines is 1. The second-order valence-electron chi connectivity index (χ2n) is 5.77. The molecule has 2 aliphatic rings. The van der Waals surface area contributed by atoms with E-state index in [-0.39, 0.29) is 0 Å². The first-order valence-electron chi connectivity index (χ1n) is 7.38. The van der Waals surface area contributed by atoms with Crippen LogP contribution in [-0.2, 0) is 6.54 Å². The lowest BCUT2D eigenvalue weighted by atomic mass is 10.0. The third-order valence-corrected chi connectivity index (χ3v) is 4.93. The molecule has 19 heavy (non-hydrogen) atoms. The standard InChI is InChI=1S/C15H22BrN3/c1-2-17-7-13-6-14(16)8-18-15(13)19-9-11-4-3-5-12(11)10-19/h6,8,11-12,17H,2-5,7,9-10H2,1H3. The molecule has 2 unspecified atom stereocenters. The summed E-state index contributed by atoms with van der Waals surface area (Å²) >= 11 is 3.54. The van der Waals surface area contributed by atoms with Gasteiger partial charge in [0, 0.05) is 35.9 Å².